The zero-order valence-electron chi connectivity index (χ0n) is 14.1. The lowest BCUT2D eigenvalue weighted by Gasteiger charge is -2.22. The number of fused-ring (bicyclic) bond motifs is 1. The maximum atomic E-state index is 13.2. The fourth-order valence-electron chi connectivity index (χ4n) is 3.47. The molecule has 0 radical (unpaired) electrons. The first-order valence-electron chi connectivity index (χ1n) is 8.28. The van der Waals surface area contributed by atoms with Gasteiger partial charge in [-0.3, -0.25) is 4.79 Å². The minimum Gasteiger partial charge on any atom is -0.305 e. The molecule has 0 bridgehead atoms. The summed E-state index contributed by atoms with van der Waals surface area (Å²) in [6.07, 6.45) is 2.53. The molecule has 3 aromatic rings. The van der Waals surface area contributed by atoms with Crippen molar-refractivity contribution in [3.8, 4) is 5.69 Å². The number of para-hydroxylation sites is 1. The van der Waals surface area contributed by atoms with Crippen molar-refractivity contribution in [3.63, 3.8) is 0 Å². The predicted molar refractivity (Wildman–Crippen MR) is 99.7 cm³/mol. The van der Waals surface area contributed by atoms with Crippen molar-refractivity contribution in [3.05, 3.63) is 76.6 Å². The summed E-state index contributed by atoms with van der Waals surface area (Å²) in [5.41, 5.74) is 4.54. The number of halogens is 1. The van der Waals surface area contributed by atoms with Crippen molar-refractivity contribution < 1.29 is 4.79 Å². The molecule has 1 aliphatic rings. The number of carbonyl (C=O) groups is 1. The van der Waals surface area contributed by atoms with E-state index < -0.39 is 0 Å². The van der Waals surface area contributed by atoms with Crippen molar-refractivity contribution in [1.29, 1.82) is 0 Å². The molecule has 0 aliphatic carbocycles. The molecule has 2 heterocycles. The molecule has 0 saturated heterocycles. The van der Waals surface area contributed by atoms with Gasteiger partial charge in [0.2, 0.25) is 0 Å². The van der Waals surface area contributed by atoms with Crippen LogP contribution in [0.4, 0.5) is 5.69 Å². The fourth-order valence-corrected chi connectivity index (χ4v) is 3.59. The standard InChI is InChI=1S/C20H18ClN3O/c1-13-11-15-5-3-4-6-19(15)23(13)20(25)18-12-22-24(14(18)2)17-9-7-16(21)8-10-17/h3-10,12-13H,11H2,1-2H3. The Balaban J connectivity index is 1.71. The number of nitrogens with zero attached hydrogens (tertiary/aromatic N) is 3. The van der Waals surface area contributed by atoms with E-state index in [0.29, 0.717) is 10.6 Å². The van der Waals surface area contributed by atoms with Crippen molar-refractivity contribution >= 4 is 23.2 Å². The quantitative estimate of drug-likeness (QED) is 0.685. The average Bonchev–Trinajstić information content (AvgIpc) is 3.14. The molecule has 0 fully saturated rings. The molecule has 4 rings (SSSR count). The average molecular weight is 352 g/mol. The molecule has 0 spiro atoms. The largest absolute Gasteiger partial charge is 0.305 e. The van der Waals surface area contributed by atoms with Crippen molar-refractivity contribution in [2.24, 2.45) is 0 Å². The molecular formula is C20H18ClN3O. The van der Waals surface area contributed by atoms with E-state index in [4.69, 9.17) is 11.6 Å². The SMILES string of the molecule is Cc1c(C(=O)N2c3ccccc3CC2C)cnn1-c1ccc(Cl)cc1. The summed E-state index contributed by atoms with van der Waals surface area (Å²) in [5, 5.41) is 5.09. The second kappa shape index (κ2) is 6.05. The molecule has 1 aliphatic heterocycles. The summed E-state index contributed by atoms with van der Waals surface area (Å²) < 4.78 is 1.77. The lowest BCUT2D eigenvalue weighted by atomic mass is 10.1. The Kier molecular flexibility index (Phi) is 3.85. The summed E-state index contributed by atoms with van der Waals surface area (Å²) in [5.74, 6) is -0.00448. The van der Waals surface area contributed by atoms with E-state index in [1.165, 1.54) is 5.56 Å². The number of amides is 1. The monoisotopic (exact) mass is 351 g/mol. The lowest BCUT2D eigenvalue weighted by Crippen LogP contribution is -2.36. The molecule has 2 aromatic carbocycles. The van der Waals surface area contributed by atoms with Gasteiger partial charge in [0.05, 0.1) is 23.1 Å². The third-order valence-corrected chi connectivity index (χ3v) is 4.99. The molecule has 1 unspecified atom stereocenters. The highest BCUT2D eigenvalue weighted by Crippen LogP contribution is 2.33. The smallest absolute Gasteiger partial charge is 0.262 e. The Morgan fingerprint density at radius 3 is 2.64 bits per heavy atom. The van der Waals surface area contributed by atoms with Crippen LogP contribution in [-0.4, -0.2) is 21.7 Å². The van der Waals surface area contributed by atoms with Gasteiger partial charge in [-0.1, -0.05) is 29.8 Å². The van der Waals surface area contributed by atoms with Crippen molar-refractivity contribution in [2.45, 2.75) is 26.3 Å². The van der Waals surface area contributed by atoms with E-state index in [2.05, 4.69) is 18.1 Å². The zero-order chi connectivity index (χ0) is 17.6. The van der Waals surface area contributed by atoms with Crippen LogP contribution in [0.25, 0.3) is 5.69 Å². The first kappa shape index (κ1) is 15.9. The van der Waals surface area contributed by atoms with Gasteiger partial charge in [-0.05, 0) is 56.2 Å². The van der Waals surface area contributed by atoms with E-state index in [1.807, 2.05) is 54.3 Å². The first-order chi connectivity index (χ1) is 12.1. The Morgan fingerprint density at radius 2 is 1.88 bits per heavy atom. The predicted octanol–water partition coefficient (Wildman–Crippen LogP) is 4.43. The Hall–Kier alpha value is -2.59. The molecule has 1 aromatic heterocycles. The van der Waals surface area contributed by atoms with Gasteiger partial charge in [0.25, 0.3) is 5.91 Å². The van der Waals surface area contributed by atoms with Crippen LogP contribution in [0, 0.1) is 6.92 Å². The molecule has 4 nitrogen and oxygen atoms in total. The summed E-state index contributed by atoms with van der Waals surface area (Å²) in [6, 6.07) is 15.7. The van der Waals surface area contributed by atoms with Crippen molar-refractivity contribution in [1.82, 2.24) is 9.78 Å². The summed E-state index contributed by atoms with van der Waals surface area (Å²) in [4.78, 5) is 15.1. The second-order valence-corrected chi connectivity index (χ2v) is 6.83. The van der Waals surface area contributed by atoms with Crippen LogP contribution in [0.1, 0.15) is 28.5 Å². The van der Waals surface area contributed by atoms with E-state index in [1.54, 1.807) is 10.9 Å². The van der Waals surface area contributed by atoms with Gasteiger partial charge >= 0.3 is 0 Å². The molecule has 25 heavy (non-hydrogen) atoms. The second-order valence-electron chi connectivity index (χ2n) is 6.39. The van der Waals surface area contributed by atoms with Gasteiger partial charge in [-0.2, -0.15) is 5.10 Å². The highest BCUT2D eigenvalue weighted by atomic mass is 35.5. The van der Waals surface area contributed by atoms with Crippen LogP contribution in [0.2, 0.25) is 5.02 Å². The molecular weight excluding hydrogens is 334 g/mol. The number of hydrogen-bond donors (Lipinski definition) is 0. The topological polar surface area (TPSA) is 38.1 Å². The Morgan fingerprint density at radius 1 is 1.16 bits per heavy atom. The van der Waals surface area contributed by atoms with Gasteiger partial charge in [0, 0.05) is 16.8 Å². The molecule has 1 amide bonds. The van der Waals surface area contributed by atoms with Crippen LogP contribution < -0.4 is 4.90 Å². The summed E-state index contributed by atoms with van der Waals surface area (Å²) >= 11 is 5.95. The first-order valence-corrected chi connectivity index (χ1v) is 8.66. The van der Waals surface area contributed by atoms with Gasteiger partial charge in [-0.25, -0.2) is 4.68 Å². The van der Waals surface area contributed by atoms with Gasteiger partial charge in [-0.15, -0.1) is 0 Å². The van der Waals surface area contributed by atoms with Crippen LogP contribution >= 0.6 is 11.6 Å². The number of anilines is 1. The Labute approximate surface area is 151 Å². The molecule has 0 N–H and O–H groups in total. The fraction of sp³-hybridized carbons (Fsp3) is 0.200. The molecule has 0 saturated carbocycles. The van der Waals surface area contributed by atoms with E-state index in [-0.39, 0.29) is 11.9 Å². The molecule has 126 valence electrons. The number of rotatable bonds is 2. The van der Waals surface area contributed by atoms with Gasteiger partial charge in [0.15, 0.2) is 0 Å². The van der Waals surface area contributed by atoms with E-state index in [9.17, 15) is 4.79 Å². The highest BCUT2D eigenvalue weighted by molar-refractivity contribution is 6.30. The van der Waals surface area contributed by atoms with Crippen molar-refractivity contribution in [2.75, 3.05) is 4.90 Å². The zero-order valence-corrected chi connectivity index (χ0v) is 14.9. The van der Waals surface area contributed by atoms with Gasteiger partial charge < -0.3 is 4.90 Å². The number of aromatic nitrogens is 2. The molecule has 1 atom stereocenters. The number of benzene rings is 2. The van der Waals surface area contributed by atoms with E-state index >= 15 is 0 Å². The summed E-state index contributed by atoms with van der Waals surface area (Å²) in [6.45, 7) is 4.00. The van der Waals surface area contributed by atoms with Gasteiger partial charge in [0.1, 0.15) is 0 Å². The third-order valence-electron chi connectivity index (χ3n) is 4.74. The van der Waals surface area contributed by atoms with Crippen LogP contribution in [0.3, 0.4) is 0 Å². The minimum absolute atomic E-state index is 0.00448. The normalized spacial score (nSPS) is 16.1. The van der Waals surface area contributed by atoms with Crippen LogP contribution in [-0.2, 0) is 6.42 Å². The maximum absolute atomic E-state index is 13.2. The molecule has 5 heteroatoms. The van der Waals surface area contributed by atoms with Crippen LogP contribution in [0.15, 0.2) is 54.7 Å². The number of carbonyl (C=O) groups excluding carboxylic acids is 1. The lowest BCUT2D eigenvalue weighted by molar-refractivity contribution is 0.0981. The number of hydrogen-bond acceptors (Lipinski definition) is 2. The van der Waals surface area contributed by atoms with E-state index in [0.717, 1.165) is 23.5 Å². The summed E-state index contributed by atoms with van der Waals surface area (Å²) in [7, 11) is 0. The van der Waals surface area contributed by atoms with Crippen LogP contribution in [0.5, 0.6) is 0 Å². The third kappa shape index (κ3) is 2.63. The highest BCUT2D eigenvalue weighted by Gasteiger charge is 2.32. The Bertz CT molecular complexity index is 946. The maximum Gasteiger partial charge on any atom is 0.262 e. The minimum atomic E-state index is -0.00448.